The van der Waals surface area contributed by atoms with E-state index in [2.05, 4.69) is 182 Å². The summed E-state index contributed by atoms with van der Waals surface area (Å²) < 4.78 is 8.67. The molecule has 0 atom stereocenters. The van der Waals surface area contributed by atoms with E-state index in [1.54, 1.807) is 11.3 Å². The molecule has 0 bridgehead atoms. The molecule has 11 aromatic rings. The number of aromatic nitrogens is 2. The van der Waals surface area contributed by atoms with Crippen LogP contribution in [0, 0.1) is 0 Å². The Kier molecular flexibility index (Phi) is 7.68. The predicted octanol–water partition coefficient (Wildman–Crippen LogP) is 14.7. The van der Waals surface area contributed by atoms with Crippen LogP contribution < -0.4 is 0 Å². The molecule has 0 N–H and O–H groups in total. The lowest BCUT2D eigenvalue weighted by Gasteiger charge is -2.11. The Hall–Kier alpha value is -7.14. The van der Waals surface area contributed by atoms with Crippen molar-refractivity contribution in [3.63, 3.8) is 0 Å². The van der Waals surface area contributed by atoms with Crippen LogP contribution in [0.25, 0.3) is 109 Å². The number of thiophene rings is 1. The number of rotatable bonds is 6. The Morgan fingerprint density at radius 1 is 0.375 bits per heavy atom. The lowest BCUT2D eigenvalue weighted by atomic mass is 9.96. The molecule has 0 aliphatic carbocycles. The second-order valence-corrected chi connectivity index (χ2v) is 15.2. The first-order valence-corrected chi connectivity index (χ1v) is 19.6. The van der Waals surface area contributed by atoms with Gasteiger partial charge in [0.1, 0.15) is 11.2 Å². The minimum Gasteiger partial charge on any atom is -0.455 e. The Balaban J connectivity index is 0.979. The summed E-state index contributed by atoms with van der Waals surface area (Å²) in [5.74, 6) is 0.710. The summed E-state index contributed by atoms with van der Waals surface area (Å²) >= 11 is 1.75. The topological polar surface area (TPSA) is 38.9 Å². The summed E-state index contributed by atoms with van der Waals surface area (Å²) in [7, 11) is 0. The van der Waals surface area contributed by atoms with Gasteiger partial charge in [0.25, 0.3) is 0 Å². The molecule has 262 valence electrons. The number of hydrogen-bond acceptors (Lipinski definition) is 4. The van der Waals surface area contributed by atoms with Crippen LogP contribution in [0.5, 0.6) is 0 Å². The average molecular weight is 733 g/mol. The van der Waals surface area contributed by atoms with Crippen LogP contribution in [0.4, 0.5) is 0 Å². The molecule has 0 aliphatic heterocycles. The third-order valence-electron chi connectivity index (χ3n) is 10.7. The van der Waals surface area contributed by atoms with Crippen LogP contribution in [0.2, 0.25) is 0 Å². The fourth-order valence-electron chi connectivity index (χ4n) is 7.90. The second kappa shape index (κ2) is 13.3. The zero-order chi connectivity index (χ0) is 37.0. The molecule has 8 aromatic carbocycles. The first-order valence-electron chi connectivity index (χ1n) is 18.8. The molecule has 0 fully saturated rings. The maximum atomic E-state index is 6.38. The van der Waals surface area contributed by atoms with Crippen LogP contribution in [-0.4, -0.2) is 9.97 Å². The van der Waals surface area contributed by atoms with Crippen LogP contribution in [0.3, 0.4) is 0 Å². The van der Waals surface area contributed by atoms with Crippen molar-refractivity contribution in [2.24, 2.45) is 0 Å². The average Bonchev–Trinajstić information content (AvgIpc) is 3.85. The monoisotopic (exact) mass is 732 g/mol. The van der Waals surface area contributed by atoms with Crippen LogP contribution in [0.1, 0.15) is 0 Å². The van der Waals surface area contributed by atoms with Gasteiger partial charge in [-0.15, -0.1) is 11.3 Å². The fraction of sp³-hybridized carbons (Fsp3) is 0. The van der Waals surface area contributed by atoms with E-state index >= 15 is 0 Å². The summed E-state index contributed by atoms with van der Waals surface area (Å²) in [6.45, 7) is 0. The van der Waals surface area contributed by atoms with Gasteiger partial charge in [-0.05, 0) is 63.2 Å². The highest BCUT2D eigenvalue weighted by Gasteiger charge is 2.18. The van der Waals surface area contributed by atoms with Gasteiger partial charge in [-0.25, -0.2) is 9.97 Å². The van der Waals surface area contributed by atoms with Crippen molar-refractivity contribution in [1.29, 1.82) is 0 Å². The van der Waals surface area contributed by atoms with Gasteiger partial charge < -0.3 is 4.42 Å². The normalized spacial score (nSPS) is 11.6. The number of nitrogens with zero attached hydrogens (tertiary/aromatic N) is 2. The van der Waals surface area contributed by atoms with E-state index in [4.69, 9.17) is 14.4 Å². The third-order valence-corrected chi connectivity index (χ3v) is 11.9. The largest absolute Gasteiger partial charge is 0.455 e. The number of fused-ring (bicyclic) bond motifs is 6. The van der Waals surface area contributed by atoms with Crippen molar-refractivity contribution in [2.45, 2.75) is 0 Å². The molecule has 3 heterocycles. The molecule has 0 spiro atoms. The molecule has 0 unspecified atom stereocenters. The van der Waals surface area contributed by atoms with Crippen LogP contribution in [-0.2, 0) is 0 Å². The zero-order valence-corrected chi connectivity index (χ0v) is 31.0. The molecule has 0 saturated heterocycles. The van der Waals surface area contributed by atoms with E-state index in [0.29, 0.717) is 5.82 Å². The van der Waals surface area contributed by atoms with E-state index in [0.717, 1.165) is 76.6 Å². The molecule has 0 amide bonds. The van der Waals surface area contributed by atoms with Gasteiger partial charge in [0.15, 0.2) is 5.82 Å². The van der Waals surface area contributed by atoms with Crippen LogP contribution in [0.15, 0.2) is 199 Å². The van der Waals surface area contributed by atoms with Crippen molar-refractivity contribution in [2.75, 3.05) is 0 Å². The number of benzene rings is 8. The van der Waals surface area contributed by atoms with Crippen molar-refractivity contribution in [3.8, 4) is 67.2 Å². The van der Waals surface area contributed by atoms with Gasteiger partial charge in [0.05, 0.1) is 15.9 Å². The Morgan fingerprint density at radius 2 is 0.911 bits per heavy atom. The molecule has 3 nitrogen and oxygen atoms in total. The van der Waals surface area contributed by atoms with E-state index in [1.807, 2.05) is 12.1 Å². The molecule has 3 aromatic heterocycles. The van der Waals surface area contributed by atoms with Crippen molar-refractivity contribution in [3.05, 3.63) is 194 Å². The molecule has 0 radical (unpaired) electrons. The Labute approximate surface area is 327 Å². The molecule has 56 heavy (non-hydrogen) atoms. The van der Waals surface area contributed by atoms with E-state index in [-0.39, 0.29) is 0 Å². The summed E-state index contributed by atoms with van der Waals surface area (Å²) in [4.78, 5) is 10.6. The maximum absolute atomic E-state index is 6.38. The van der Waals surface area contributed by atoms with Crippen molar-refractivity contribution in [1.82, 2.24) is 9.97 Å². The fourth-order valence-corrected chi connectivity index (χ4v) is 9.05. The lowest BCUT2D eigenvalue weighted by Crippen LogP contribution is -1.94. The van der Waals surface area contributed by atoms with E-state index < -0.39 is 0 Å². The van der Waals surface area contributed by atoms with Gasteiger partial charge in [-0.1, -0.05) is 170 Å². The minimum absolute atomic E-state index is 0.710. The van der Waals surface area contributed by atoms with Gasteiger partial charge in [-0.3, -0.25) is 0 Å². The SMILES string of the molecule is c1ccc(-c2ccc(-c3cccc(-c4cccc(-c5nc(-c6ccc(-c7cccc8c7oc7ccccc78)cc6)c6sc7ccccc7c6n5)c4)c3)cc2)cc1. The number of hydrogen-bond donors (Lipinski definition) is 0. The van der Waals surface area contributed by atoms with Crippen LogP contribution >= 0.6 is 11.3 Å². The van der Waals surface area contributed by atoms with Gasteiger partial charge >= 0.3 is 0 Å². The highest BCUT2D eigenvalue weighted by Crippen LogP contribution is 2.41. The minimum atomic E-state index is 0.710. The molecular weight excluding hydrogens is 701 g/mol. The number of para-hydroxylation sites is 2. The summed E-state index contributed by atoms with van der Waals surface area (Å²) in [6.07, 6.45) is 0. The highest BCUT2D eigenvalue weighted by molar-refractivity contribution is 7.26. The molecule has 11 rings (SSSR count). The molecule has 0 aliphatic rings. The Morgan fingerprint density at radius 3 is 1.70 bits per heavy atom. The van der Waals surface area contributed by atoms with E-state index in [1.165, 1.54) is 27.0 Å². The zero-order valence-electron chi connectivity index (χ0n) is 30.2. The molecule has 4 heteroatoms. The third kappa shape index (κ3) is 5.58. The highest BCUT2D eigenvalue weighted by atomic mass is 32.1. The maximum Gasteiger partial charge on any atom is 0.160 e. The smallest absolute Gasteiger partial charge is 0.160 e. The summed E-state index contributed by atoms with van der Waals surface area (Å²) in [5.41, 5.74) is 15.0. The second-order valence-electron chi connectivity index (χ2n) is 14.1. The van der Waals surface area contributed by atoms with Gasteiger partial charge in [0, 0.05) is 37.5 Å². The molecule has 0 saturated carbocycles. The van der Waals surface area contributed by atoms with Crippen molar-refractivity contribution < 1.29 is 4.42 Å². The summed E-state index contributed by atoms with van der Waals surface area (Å²) in [5, 5.41) is 3.40. The lowest BCUT2D eigenvalue weighted by molar-refractivity contribution is 0.670. The standard InChI is InChI=1S/C52H32N2OS/c1-2-11-33(12-3-1)34-23-25-35(26-24-34)38-13-8-14-39(31-38)40-15-9-16-41(32-40)52-53-48(51-49(54-52)45-18-5-7-22-47(45)56-51)37-29-27-36(28-30-37)42-19-10-20-44-43-17-4-6-21-46(43)55-50(42)44/h1-32H. The Bertz CT molecular complexity index is 3230. The molecular formula is C52H32N2OS. The number of furan rings is 1. The summed E-state index contributed by atoms with van der Waals surface area (Å²) in [6, 6.07) is 68.6. The first kappa shape index (κ1) is 32.3. The van der Waals surface area contributed by atoms with Gasteiger partial charge in [-0.2, -0.15) is 0 Å². The van der Waals surface area contributed by atoms with Crippen molar-refractivity contribution >= 4 is 53.6 Å². The predicted molar refractivity (Wildman–Crippen MR) is 235 cm³/mol. The first-order chi connectivity index (χ1) is 27.7. The van der Waals surface area contributed by atoms with E-state index in [9.17, 15) is 0 Å². The quantitative estimate of drug-likeness (QED) is 0.171. The van der Waals surface area contributed by atoms with Gasteiger partial charge in [0.2, 0.25) is 0 Å².